The molecule has 6 nitrogen and oxygen atoms in total. The van der Waals surface area contributed by atoms with Gasteiger partial charge in [-0.05, 0) is 12.1 Å². The molecule has 0 unspecified atom stereocenters. The molecule has 1 aliphatic heterocycles. The van der Waals surface area contributed by atoms with Crippen LogP contribution in [-0.2, 0) is 0 Å². The molecular weight excluding hydrogens is 389 g/mol. The molecule has 0 atom stereocenters. The summed E-state index contributed by atoms with van der Waals surface area (Å²) in [5.41, 5.74) is -0.946. The number of anilines is 1. The highest BCUT2D eigenvalue weighted by molar-refractivity contribution is 5.95. The van der Waals surface area contributed by atoms with Gasteiger partial charge in [-0.15, -0.1) is 0 Å². The Bertz CT molecular complexity index is 915. The van der Waals surface area contributed by atoms with Gasteiger partial charge in [0.2, 0.25) is 5.82 Å². The molecule has 11 heteroatoms. The number of hydrogen-bond donors (Lipinski definition) is 0. The smallest absolute Gasteiger partial charge is 0.269 e. The zero-order chi connectivity index (χ0) is 20.6. The number of amides is 1. The van der Waals surface area contributed by atoms with Crippen LogP contribution in [0.25, 0.3) is 0 Å². The van der Waals surface area contributed by atoms with Crippen molar-refractivity contribution in [2.75, 3.05) is 31.1 Å². The number of piperazine rings is 1. The van der Waals surface area contributed by atoms with Crippen LogP contribution in [0.5, 0.6) is 0 Å². The second-order valence-electron chi connectivity index (χ2n) is 6.00. The molecule has 1 aliphatic rings. The third-order valence-corrected chi connectivity index (χ3v) is 4.42. The van der Waals surface area contributed by atoms with Gasteiger partial charge in [-0.25, -0.2) is 22.0 Å². The van der Waals surface area contributed by atoms with E-state index in [0.717, 1.165) is 4.90 Å². The maximum Gasteiger partial charge on any atom is 0.269 e. The summed E-state index contributed by atoms with van der Waals surface area (Å²) < 4.78 is 67.4. The molecule has 0 radical (unpaired) electrons. The van der Waals surface area contributed by atoms with Crippen LogP contribution in [0, 0.1) is 39.2 Å². The molecule has 28 heavy (non-hydrogen) atoms. The van der Waals surface area contributed by atoms with Crippen LogP contribution in [0.15, 0.2) is 24.3 Å². The fourth-order valence-electron chi connectivity index (χ4n) is 2.90. The lowest BCUT2D eigenvalue weighted by Crippen LogP contribution is -2.49. The molecule has 1 saturated heterocycles. The number of carbonyl (C=O) groups is 1. The van der Waals surface area contributed by atoms with Crippen LogP contribution < -0.4 is 4.90 Å². The summed E-state index contributed by atoms with van der Waals surface area (Å²) in [7, 11) is 0. The minimum Gasteiger partial charge on any atom is -0.368 e. The first-order chi connectivity index (χ1) is 13.2. The molecule has 0 spiro atoms. The number of carbonyl (C=O) groups excluding carboxylic acids is 1. The van der Waals surface area contributed by atoms with Crippen molar-refractivity contribution >= 4 is 17.3 Å². The summed E-state index contributed by atoms with van der Waals surface area (Å²) in [5, 5.41) is 10.7. The lowest BCUT2D eigenvalue weighted by molar-refractivity contribution is -0.384. The van der Waals surface area contributed by atoms with Crippen molar-refractivity contribution in [2.45, 2.75) is 0 Å². The van der Waals surface area contributed by atoms with E-state index in [4.69, 9.17) is 0 Å². The lowest BCUT2D eigenvalue weighted by Gasteiger charge is -2.36. The van der Waals surface area contributed by atoms with Crippen molar-refractivity contribution in [1.29, 1.82) is 0 Å². The molecule has 1 amide bonds. The third kappa shape index (κ3) is 3.35. The summed E-state index contributed by atoms with van der Waals surface area (Å²) in [4.78, 5) is 25.2. The van der Waals surface area contributed by atoms with Crippen molar-refractivity contribution < 1.29 is 31.7 Å². The first-order valence-electron chi connectivity index (χ1n) is 8.02. The Morgan fingerprint density at radius 2 is 1.29 bits per heavy atom. The average molecular weight is 401 g/mol. The summed E-state index contributed by atoms with van der Waals surface area (Å²) in [6.07, 6.45) is 0. The molecule has 1 fully saturated rings. The first kappa shape index (κ1) is 19.5. The van der Waals surface area contributed by atoms with E-state index >= 15 is 0 Å². The fourth-order valence-corrected chi connectivity index (χ4v) is 2.90. The number of nitrogens with zero attached hydrogens (tertiary/aromatic N) is 3. The van der Waals surface area contributed by atoms with Crippen LogP contribution in [0.4, 0.5) is 33.3 Å². The van der Waals surface area contributed by atoms with Gasteiger partial charge in [-0.2, -0.15) is 0 Å². The van der Waals surface area contributed by atoms with Gasteiger partial charge < -0.3 is 9.80 Å². The van der Waals surface area contributed by atoms with Crippen LogP contribution in [0.1, 0.15) is 10.4 Å². The minimum atomic E-state index is -2.32. The number of benzene rings is 2. The van der Waals surface area contributed by atoms with Crippen molar-refractivity contribution in [3.63, 3.8) is 0 Å². The standard InChI is InChI=1S/C17H12F5N3O3/c18-12-11(13(19)15(21)16(22)14(12)20)17(26)24-7-5-23(6-8-24)9-1-3-10(4-2-9)25(27)28/h1-4H,5-8H2. The Morgan fingerprint density at radius 3 is 1.75 bits per heavy atom. The van der Waals surface area contributed by atoms with Crippen molar-refractivity contribution in [3.05, 3.63) is 69.0 Å². The second kappa shape index (κ2) is 7.41. The number of nitro benzene ring substituents is 1. The van der Waals surface area contributed by atoms with Gasteiger partial charge in [0.1, 0.15) is 5.56 Å². The predicted octanol–water partition coefficient (Wildman–Crippen LogP) is 3.25. The molecule has 3 rings (SSSR count). The van der Waals surface area contributed by atoms with Gasteiger partial charge in [0.05, 0.1) is 4.92 Å². The number of hydrogen-bond acceptors (Lipinski definition) is 4. The number of nitro groups is 1. The maximum atomic E-state index is 13.8. The summed E-state index contributed by atoms with van der Waals surface area (Å²) in [5.74, 6) is -12.3. The highest BCUT2D eigenvalue weighted by Crippen LogP contribution is 2.26. The molecule has 0 saturated carbocycles. The van der Waals surface area contributed by atoms with Gasteiger partial charge in [0.25, 0.3) is 11.6 Å². The Labute approximate surface area is 154 Å². The van der Waals surface area contributed by atoms with E-state index in [0.29, 0.717) is 5.69 Å². The number of rotatable bonds is 3. The lowest BCUT2D eigenvalue weighted by atomic mass is 10.1. The highest BCUT2D eigenvalue weighted by Gasteiger charge is 2.33. The monoisotopic (exact) mass is 401 g/mol. The Balaban J connectivity index is 1.75. The van der Waals surface area contributed by atoms with Crippen LogP contribution >= 0.6 is 0 Å². The summed E-state index contributed by atoms with van der Waals surface area (Å²) in [6.45, 7) is 0.350. The zero-order valence-electron chi connectivity index (χ0n) is 14.1. The number of halogens is 5. The maximum absolute atomic E-state index is 13.8. The van der Waals surface area contributed by atoms with Gasteiger partial charge in [-0.1, -0.05) is 0 Å². The van der Waals surface area contributed by atoms with E-state index < -0.39 is 45.5 Å². The molecule has 1 heterocycles. The first-order valence-corrected chi connectivity index (χ1v) is 8.02. The quantitative estimate of drug-likeness (QED) is 0.260. The van der Waals surface area contributed by atoms with Crippen molar-refractivity contribution in [2.24, 2.45) is 0 Å². The predicted molar refractivity (Wildman–Crippen MR) is 87.4 cm³/mol. The Morgan fingerprint density at radius 1 is 0.821 bits per heavy atom. The topological polar surface area (TPSA) is 66.7 Å². The summed E-state index contributed by atoms with van der Waals surface area (Å²) in [6, 6.07) is 5.64. The molecule has 0 N–H and O–H groups in total. The van der Waals surface area contributed by atoms with E-state index in [1.807, 2.05) is 0 Å². The number of non-ortho nitro benzene ring substituents is 1. The molecule has 2 aromatic carbocycles. The molecule has 0 bridgehead atoms. The Hall–Kier alpha value is -3.24. The minimum absolute atomic E-state index is 0.0324. The van der Waals surface area contributed by atoms with Crippen LogP contribution in [0.3, 0.4) is 0 Å². The second-order valence-corrected chi connectivity index (χ2v) is 6.00. The molecule has 0 aliphatic carbocycles. The largest absolute Gasteiger partial charge is 0.368 e. The normalized spacial score (nSPS) is 14.3. The van der Waals surface area contributed by atoms with Gasteiger partial charge in [0.15, 0.2) is 23.3 Å². The van der Waals surface area contributed by atoms with Crippen LogP contribution in [0.2, 0.25) is 0 Å². The highest BCUT2D eigenvalue weighted by atomic mass is 19.2. The third-order valence-electron chi connectivity index (χ3n) is 4.42. The fraction of sp³-hybridized carbons (Fsp3) is 0.235. The average Bonchev–Trinajstić information content (AvgIpc) is 2.71. The molecule has 0 aromatic heterocycles. The van der Waals surface area contributed by atoms with Gasteiger partial charge in [-0.3, -0.25) is 14.9 Å². The van der Waals surface area contributed by atoms with E-state index in [1.165, 1.54) is 24.3 Å². The van der Waals surface area contributed by atoms with Crippen molar-refractivity contribution in [3.8, 4) is 0 Å². The zero-order valence-corrected chi connectivity index (χ0v) is 14.1. The molecular formula is C17H12F5N3O3. The molecule has 148 valence electrons. The van der Waals surface area contributed by atoms with E-state index in [9.17, 15) is 36.9 Å². The molecule has 2 aromatic rings. The van der Waals surface area contributed by atoms with E-state index in [2.05, 4.69) is 0 Å². The van der Waals surface area contributed by atoms with Gasteiger partial charge >= 0.3 is 0 Å². The van der Waals surface area contributed by atoms with E-state index in [-0.39, 0.29) is 31.9 Å². The van der Waals surface area contributed by atoms with E-state index in [1.54, 1.807) is 4.90 Å². The van der Waals surface area contributed by atoms with Crippen molar-refractivity contribution in [1.82, 2.24) is 4.90 Å². The SMILES string of the molecule is O=C(c1c(F)c(F)c(F)c(F)c1F)N1CCN(c2ccc([N+](=O)[O-])cc2)CC1. The van der Waals surface area contributed by atoms with Crippen LogP contribution in [-0.4, -0.2) is 41.9 Å². The van der Waals surface area contributed by atoms with Gasteiger partial charge in [0, 0.05) is 44.0 Å². The summed E-state index contributed by atoms with van der Waals surface area (Å²) >= 11 is 0. The Kier molecular flexibility index (Phi) is 5.16.